The first kappa shape index (κ1) is 22.0. The van der Waals surface area contributed by atoms with Gasteiger partial charge in [0.25, 0.3) is 0 Å². The molecule has 174 valence electrons. The molecule has 0 amide bonds. The van der Waals surface area contributed by atoms with Crippen molar-refractivity contribution in [1.82, 2.24) is 25.1 Å². The smallest absolute Gasteiger partial charge is 0.219 e. The predicted octanol–water partition coefficient (Wildman–Crippen LogP) is 4.78. The SMILES string of the molecule is CC1CC1.Cc1c(Cc2ccc(-n3cccn3)cc2F)ncnc1OC1CC2CCC(C1)N2. The zero-order valence-electron chi connectivity index (χ0n) is 19.4. The van der Waals surface area contributed by atoms with Crippen molar-refractivity contribution >= 4 is 0 Å². The van der Waals surface area contributed by atoms with Gasteiger partial charge in [-0.2, -0.15) is 5.10 Å². The first-order valence-electron chi connectivity index (χ1n) is 12.1. The Balaban J connectivity index is 0.000000517. The van der Waals surface area contributed by atoms with Gasteiger partial charge in [-0.25, -0.2) is 19.0 Å². The summed E-state index contributed by atoms with van der Waals surface area (Å²) in [4.78, 5) is 8.75. The Morgan fingerprint density at radius 1 is 1.12 bits per heavy atom. The molecule has 2 unspecified atom stereocenters. The lowest BCUT2D eigenvalue weighted by Crippen LogP contribution is -2.42. The minimum atomic E-state index is -0.270. The first-order valence-corrected chi connectivity index (χ1v) is 12.1. The third-order valence-electron chi connectivity index (χ3n) is 6.88. The van der Waals surface area contributed by atoms with Crippen molar-refractivity contribution in [2.45, 2.75) is 77.0 Å². The van der Waals surface area contributed by atoms with E-state index in [0.29, 0.717) is 35.6 Å². The van der Waals surface area contributed by atoms with Crippen LogP contribution in [0.25, 0.3) is 5.69 Å². The summed E-state index contributed by atoms with van der Waals surface area (Å²) in [6, 6.07) is 8.08. The highest BCUT2D eigenvalue weighted by Gasteiger charge is 2.35. The Labute approximate surface area is 194 Å². The van der Waals surface area contributed by atoms with E-state index < -0.39 is 0 Å². The molecule has 0 spiro atoms. The molecule has 3 aliphatic rings. The number of fused-ring (bicyclic) bond motifs is 2. The largest absolute Gasteiger partial charge is 0.474 e. The first-order chi connectivity index (χ1) is 16.0. The number of piperidine rings is 1. The molecule has 2 saturated heterocycles. The lowest BCUT2D eigenvalue weighted by atomic mass is 10.0. The average Bonchev–Trinajstić information content (AvgIpc) is 3.26. The van der Waals surface area contributed by atoms with Gasteiger partial charge in [0, 0.05) is 36.5 Å². The number of hydrogen-bond donors (Lipinski definition) is 1. The third-order valence-corrected chi connectivity index (χ3v) is 6.88. The second-order valence-electron chi connectivity index (χ2n) is 9.69. The molecule has 2 aromatic heterocycles. The molecule has 0 radical (unpaired) electrons. The van der Waals surface area contributed by atoms with Gasteiger partial charge in [0.15, 0.2) is 0 Å². The van der Waals surface area contributed by atoms with E-state index in [4.69, 9.17) is 4.74 Å². The Bertz CT molecular complexity index is 1070. The summed E-state index contributed by atoms with van der Waals surface area (Å²) in [5.74, 6) is 1.43. The summed E-state index contributed by atoms with van der Waals surface area (Å²) >= 11 is 0. The van der Waals surface area contributed by atoms with Crippen LogP contribution in [0.15, 0.2) is 43.0 Å². The van der Waals surface area contributed by atoms with Crippen molar-refractivity contribution < 1.29 is 9.13 Å². The number of hydrogen-bond acceptors (Lipinski definition) is 5. The van der Waals surface area contributed by atoms with Crippen LogP contribution in [-0.4, -0.2) is 37.9 Å². The van der Waals surface area contributed by atoms with Gasteiger partial charge in [0.2, 0.25) is 5.88 Å². The lowest BCUT2D eigenvalue weighted by molar-refractivity contribution is 0.130. The van der Waals surface area contributed by atoms with E-state index in [1.54, 1.807) is 23.1 Å². The summed E-state index contributed by atoms with van der Waals surface area (Å²) in [7, 11) is 0. The number of aromatic nitrogens is 4. The maximum atomic E-state index is 14.7. The Hall–Kier alpha value is -2.80. The van der Waals surface area contributed by atoms with Crippen LogP contribution in [0.1, 0.15) is 62.3 Å². The van der Waals surface area contributed by atoms with Crippen molar-refractivity contribution in [3.05, 3.63) is 65.6 Å². The summed E-state index contributed by atoms with van der Waals surface area (Å²) in [6.07, 6.45) is 13.0. The third kappa shape index (κ3) is 5.41. The van der Waals surface area contributed by atoms with Crippen molar-refractivity contribution in [2.24, 2.45) is 5.92 Å². The maximum Gasteiger partial charge on any atom is 0.219 e. The fraction of sp³-hybridized carbons (Fsp3) is 0.500. The minimum absolute atomic E-state index is 0.181. The topological polar surface area (TPSA) is 64.9 Å². The fourth-order valence-corrected chi connectivity index (χ4v) is 4.61. The molecular formula is C26H32FN5O. The normalized spacial score (nSPS) is 23.7. The minimum Gasteiger partial charge on any atom is -0.474 e. The molecule has 1 saturated carbocycles. The number of halogens is 1. The monoisotopic (exact) mass is 449 g/mol. The van der Waals surface area contributed by atoms with E-state index in [0.717, 1.165) is 30.0 Å². The quantitative estimate of drug-likeness (QED) is 0.607. The Morgan fingerprint density at radius 3 is 2.52 bits per heavy atom. The van der Waals surface area contributed by atoms with Crippen LogP contribution in [0.2, 0.25) is 0 Å². The van der Waals surface area contributed by atoms with E-state index in [9.17, 15) is 4.39 Å². The number of ether oxygens (including phenoxy) is 1. The molecule has 2 aliphatic heterocycles. The maximum absolute atomic E-state index is 14.7. The highest BCUT2D eigenvalue weighted by atomic mass is 19.1. The van der Waals surface area contributed by atoms with Gasteiger partial charge in [-0.05, 0) is 62.3 Å². The molecule has 6 nitrogen and oxygen atoms in total. The second-order valence-corrected chi connectivity index (χ2v) is 9.69. The molecule has 6 rings (SSSR count). The molecule has 2 bridgehead atoms. The zero-order chi connectivity index (χ0) is 22.8. The number of rotatable bonds is 5. The van der Waals surface area contributed by atoms with E-state index in [2.05, 4.69) is 27.3 Å². The van der Waals surface area contributed by atoms with Gasteiger partial charge in [0.1, 0.15) is 18.2 Å². The molecule has 7 heteroatoms. The van der Waals surface area contributed by atoms with E-state index in [1.807, 2.05) is 19.1 Å². The fourth-order valence-electron chi connectivity index (χ4n) is 4.61. The molecule has 3 aromatic rings. The molecule has 33 heavy (non-hydrogen) atoms. The molecule has 1 aromatic carbocycles. The summed E-state index contributed by atoms with van der Waals surface area (Å²) in [5.41, 5.74) is 2.96. The predicted molar refractivity (Wildman–Crippen MR) is 125 cm³/mol. The number of benzene rings is 1. The molecule has 3 fully saturated rings. The average molecular weight is 450 g/mol. The molecule has 1 N–H and O–H groups in total. The standard InChI is InChI=1S/C22H24FN5O.C4H8/c1-14-21(9-15-3-6-18(12-20(15)23)28-8-2-7-26-28)24-13-25-22(14)29-19-10-16-4-5-17(11-19)27-16;1-4-2-3-4/h2-3,6-8,12-13,16-17,19,27H,4-5,9-11H2,1H3;4H,2-3H2,1H3. The summed E-state index contributed by atoms with van der Waals surface area (Å²) in [5, 5.41) is 7.77. The summed E-state index contributed by atoms with van der Waals surface area (Å²) in [6.45, 7) is 4.23. The molecule has 1 aliphatic carbocycles. The highest BCUT2D eigenvalue weighted by molar-refractivity contribution is 5.38. The van der Waals surface area contributed by atoms with Crippen LogP contribution in [0.4, 0.5) is 4.39 Å². The Morgan fingerprint density at radius 2 is 1.88 bits per heavy atom. The second kappa shape index (κ2) is 9.59. The van der Waals surface area contributed by atoms with Crippen LogP contribution in [0.3, 0.4) is 0 Å². The lowest BCUT2D eigenvalue weighted by Gasteiger charge is -2.29. The van der Waals surface area contributed by atoms with Crippen LogP contribution in [-0.2, 0) is 6.42 Å². The molecule has 4 heterocycles. The van der Waals surface area contributed by atoms with Gasteiger partial charge >= 0.3 is 0 Å². The van der Waals surface area contributed by atoms with Gasteiger partial charge in [-0.15, -0.1) is 0 Å². The van der Waals surface area contributed by atoms with Crippen molar-refractivity contribution in [3.8, 4) is 11.6 Å². The van der Waals surface area contributed by atoms with Gasteiger partial charge < -0.3 is 10.1 Å². The zero-order valence-corrected chi connectivity index (χ0v) is 19.4. The van der Waals surface area contributed by atoms with Gasteiger partial charge in [-0.3, -0.25) is 0 Å². The van der Waals surface area contributed by atoms with Crippen LogP contribution < -0.4 is 10.1 Å². The van der Waals surface area contributed by atoms with Crippen molar-refractivity contribution in [2.75, 3.05) is 0 Å². The van der Waals surface area contributed by atoms with E-state index >= 15 is 0 Å². The number of nitrogens with zero attached hydrogens (tertiary/aromatic N) is 4. The van der Waals surface area contributed by atoms with Crippen LogP contribution in [0.5, 0.6) is 5.88 Å². The van der Waals surface area contributed by atoms with Gasteiger partial charge in [0.05, 0.1) is 11.4 Å². The van der Waals surface area contributed by atoms with Gasteiger partial charge in [-0.1, -0.05) is 25.8 Å². The van der Waals surface area contributed by atoms with Crippen LogP contribution >= 0.6 is 0 Å². The molecule has 2 atom stereocenters. The van der Waals surface area contributed by atoms with E-state index in [-0.39, 0.29) is 11.9 Å². The van der Waals surface area contributed by atoms with Crippen LogP contribution in [0, 0.1) is 18.7 Å². The molecular weight excluding hydrogens is 417 g/mol. The number of nitrogens with one attached hydrogen (secondary N) is 1. The highest BCUT2D eigenvalue weighted by Crippen LogP contribution is 2.31. The van der Waals surface area contributed by atoms with E-state index in [1.165, 1.54) is 38.1 Å². The van der Waals surface area contributed by atoms with Crippen molar-refractivity contribution in [3.63, 3.8) is 0 Å². The summed E-state index contributed by atoms with van der Waals surface area (Å²) < 4.78 is 22.6. The Kier molecular flexibility index (Phi) is 6.40. The van der Waals surface area contributed by atoms with Crippen molar-refractivity contribution in [1.29, 1.82) is 0 Å².